The molecule has 1 amide bonds. The lowest BCUT2D eigenvalue weighted by molar-refractivity contribution is 0.0829. The predicted octanol–water partition coefficient (Wildman–Crippen LogP) is 2.32. The minimum absolute atomic E-state index is 0.116. The molecule has 0 aliphatic rings. The number of halogens is 1. The summed E-state index contributed by atoms with van der Waals surface area (Å²) in [6, 6.07) is 4.40. The van der Waals surface area contributed by atoms with E-state index in [1.165, 1.54) is 17.0 Å². The zero-order chi connectivity index (χ0) is 11.9. The minimum atomic E-state index is -0.334. The van der Waals surface area contributed by atoms with Crippen molar-refractivity contribution in [3.63, 3.8) is 0 Å². The van der Waals surface area contributed by atoms with E-state index in [4.69, 9.17) is 0 Å². The molecular weight excluding hydrogens is 207 g/mol. The topological polar surface area (TPSA) is 36.1 Å². The molecule has 2 rings (SSSR count). The molecule has 16 heavy (non-hydrogen) atoms. The summed E-state index contributed by atoms with van der Waals surface area (Å²) < 4.78 is 13.2. The van der Waals surface area contributed by atoms with Crippen molar-refractivity contribution in [1.29, 1.82) is 0 Å². The molecule has 1 N–H and O–H groups in total. The third kappa shape index (κ3) is 1.56. The normalized spacial score (nSPS) is 10.8. The van der Waals surface area contributed by atoms with Crippen LogP contribution in [0.25, 0.3) is 10.9 Å². The van der Waals surface area contributed by atoms with Gasteiger partial charge in [-0.15, -0.1) is 0 Å². The summed E-state index contributed by atoms with van der Waals surface area (Å²) in [5.74, 6) is -0.450. The van der Waals surface area contributed by atoms with Crippen LogP contribution in [0.1, 0.15) is 16.1 Å². The molecule has 0 fully saturated rings. The standard InChI is InChI=1S/C12H13FN2O/c1-7-11(12(16)15(2)3)9-6-8(13)4-5-10(9)14-7/h4-6,14H,1-3H3. The third-order valence-corrected chi connectivity index (χ3v) is 2.57. The number of carbonyl (C=O) groups excluding carboxylic acids is 1. The molecule has 0 saturated carbocycles. The number of aromatic amines is 1. The first-order valence-corrected chi connectivity index (χ1v) is 5.00. The summed E-state index contributed by atoms with van der Waals surface area (Å²) in [5.41, 5.74) is 2.09. The van der Waals surface area contributed by atoms with E-state index in [0.717, 1.165) is 11.2 Å². The number of amides is 1. The highest BCUT2D eigenvalue weighted by Gasteiger charge is 2.17. The fraction of sp³-hybridized carbons (Fsp3) is 0.250. The lowest BCUT2D eigenvalue weighted by atomic mass is 10.1. The van der Waals surface area contributed by atoms with Crippen LogP contribution in [0, 0.1) is 12.7 Å². The van der Waals surface area contributed by atoms with Crippen LogP contribution in [-0.4, -0.2) is 29.9 Å². The van der Waals surface area contributed by atoms with Crippen molar-refractivity contribution < 1.29 is 9.18 Å². The van der Waals surface area contributed by atoms with Crippen LogP contribution in [0.3, 0.4) is 0 Å². The summed E-state index contributed by atoms with van der Waals surface area (Å²) in [7, 11) is 3.36. The molecule has 1 heterocycles. The first-order valence-electron chi connectivity index (χ1n) is 5.00. The van der Waals surface area contributed by atoms with Gasteiger partial charge in [-0.05, 0) is 25.1 Å². The Kier molecular flexibility index (Phi) is 2.42. The number of nitrogens with one attached hydrogen (secondary N) is 1. The van der Waals surface area contributed by atoms with E-state index in [1.54, 1.807) is 20.2 Å². The molecule has 0 aliphatic carbocycles. The van der Waals surface area contributed by atoms with Crippen LogP contribution in [0.15, 0.2) is 18.2 Å². The van der Waals surface area contributed by atoms with Crippen molar-refractivity contribution >= 4 is 16.8 Å². The largest absolute Gasteiger partial charge is 0.358 e. The number of H-pyrrole nitrogens is 1. The van der Waals surface area contributed by atoms with E-state index in [0.29, 0.717) is 10.9 Å². The number of aromatic nitrogens is 1. The van der Waals surface area contributed by atoms with Crippen LogP contribution in [0.5, 0.6) is 0 Å². The summed E-state index contributed by atoms with van der Waals surface area (Å²) in [4.78, 5) is 16.5. The van der Waals surface area contributed by atoms with Gasteiger partial charge < -0.3 is 9.88 Å². The molecule has 1 aromatic carbocycles. The molecule has 3 nitrogen and oxygen atoms in total. The second-order valence-electron chi connectivity index (χ2n) is 4.01. The minimum Gasteiger partial charge on any atom is -0.358 e. The Bertz CT molecular complexity index is 557. The van der Waals surface area contributed by atoms with Crippen LogP contribution in [0.2, 0.25) is 0 Å². The Morgan fingerprint density at radius 2 is 2.06 bits per heavy atom. The van der Waals surface area contributed by atoms with Crippen molar-refractivity contribution in [3.8, 4) is 0 Å². The van der Waals surface area contributed by atoms with Gasteiger partial charge in [0.05, 0.1) is 5.56 Å². The van der Waals surface area contributed by atoms with E-state index in [-0.39, 0.29) is 11.7 Å². The maximum Gasteiger partial charge on any atom is 0.255 e. The van der Waals surface area contributed by atoms with E-state index < -0.39 is 0 Å². The molecule has 0 bridgehead atoms. The first kappa shape index (κ1) is 10.7. The van der Waals surface area contributed by atoms with Crippen LogP contribution in [-0.2, 0) is 0 Å². The zero-order valence-corrected chi connectivity index (χ0v) is 9.47. The first-order chi connectivity index (χ1) is 7.50. The Balaban J connectivity index is 2.72. The smallest absolute Gasteiger partial charge is 0.255 e. The molecule has 84 valence electrons. The Morgan fingerprint density at radius 1 is 1.38 bits per heavy atom. The lowest BCUT2D eigenvalue weighted by Gasteiger charge is -2.10. The van der Waals surface area contributed by atoms with Gasteiger partial charge in [0.1, 0.15) is 5.82 Å². The van der Waals surface area contributed by atoms with Crippen LogP contribution in [0.4, 0.5) is 4.39 Å². The average Bonchev–Trinajstić information content (AvgIpc) is 2.52. The maximum atomic E-state index is 13.2. The molecule has 0 aliphatic heterocycles. The average molecular weight is 220 g/mol. The van der Waals surface area contributed by atoms with Gasteiger partial charge in [0, 0.05) is 30.7 Å². The van der Waals surface area contributed by atoms with Gasteiger partial charge in [-0.3, -0.25) is 4.79 Å². The summed E-state index contributed by atoms with van der Waals surface area (Å²) in [6.45, 7) is 1.81. The number of rotatable bonds is 1. The highest BCUT2D eigenvalue weighted by molar-refractivity contribution is 6.07. The van der Waals surface area contributed by atoms with Gasteiger partial charge in [0.25, 0.3) is 5.91 Å². The number of hydrogen-bond donors (Lipinski definition) is 1. The maximum absolute atomic E-state index is 13.2. The predicted molar refractivity (Wildman–Crippen MR) is 61.0 cm³/mol. The number of benzene rings is 1. The third-order valence-electron chi connectivity index (χ3n) is 2.57. The van der Waals surface area contributed by atoms with Gasteiger partial charge >= 0.3 is 0 Å². The van der Waals surface area contributed by atoms with E-state index in [1.807, 2.05) is 6.92 Å². The van der Waals surface area contributed by atoms with Gasteiger partial charge in [-0.2, -0.15) is 0 Å². The summed E-state index contributed by atoms with van der Waals surface area (Å²) in [6.07, 6.45) is 0. The van der Waals surface area contributed by atoms with Crippen LogP contribution < -0.4 is 0 Å². The van der Waals surface area contributed by atoms with E-state index >= 15 is 0 Å². The molecule has 1 aromatic heterocycles. The van der Waals surface area contributed by atoms with Gasteiger partial charge in [-0.1, -0.05) is 0 Å². The van der Waals surface area contributed by atoms with Crippen molar-refractivity contribution in [2.24, 2.45) is 0 Å². The highest BCUT2D eigenvalue weighted by Crippen LogP contribution is 2.23. The summed E-state index contributed by atoms with van der Waals surface area (Å²) in [5, 5.41) is 0.635. The molecule has 2 aromatic rings. The number of hydrogen-bond acceptors (Lipinski definition) is 1. The Hall–Kier alpha value is -1.84. The quantitative estimate of drug-likeness (QED) is 0.786. The van der Waals surface area contributed by atoms with Crippen molar-refractivity contribution in [3.05, 3.63) is 35.3 Å². The summed E-state index contributed by atoms with van der Waals surface area (Å²) >= 11 is 0. The number of carbonyl (C=O) groups is 1. The Labute approximate surface area is 92.9 Å². The fourth-order valence-electron chi connectivity index (χ4n) is 1.80. The van der Waals surface area contributed by atoms with Crippen LogP contribution >= 0.6 is 0 Å². The zero-order valence-electron chi connectivity index (χ0n) is 9.47. The molecule has 0 saturated heterocycles. The molecule has 4 heteroatoms. The molecular formula is C12H13FN2O. The van der Waals surface area contributed by atoms with Gasteiger partial charge in [0.2, 0.25) is 0 Å². The molecule has 0 spiro atoms. The van der Waals surface area contributed by atoms with E-state index in [2.05, 4.69) is 4.98 Å². The fourth-order valence-corrected chi connectivity index (χ4v) is 1.80. The van der Waals surface area contributed by atoms with Gasteiger partial charge in [-0.25, -0.2) is 4.39 Å². The SMILES string of the molecule is Cc1[nH]c2ccc(F)cc2c1C(=O)N(C)C. The number of fused-ring (bicyclic) bond motifs is 1. The van der Waals surface area contributed by atoms with Gasteiger partial charge in [0.15, 0.2) is 0 Å². The number of aryl methyl sites for hydroxylation is 1. The van der Waals surface area contributed by atoms with Crippen molar-refractivity contribution in [2.45, 2.75) is 6.92 Å². The molecule has 0 radical (unpaired) electrons. The second-order valence-corrected chi connectivity index (χ2v) is 4.01. The molecule has 0 atom stereocenters. The molecule has 0 unspecified atom stereocenters. The van der Waals surface area contributed by atoms with Crippen molar-refractivity contribution in [2.75, 3.05) is 14.1 Å². The lowest BCUT2D eigenvalue weighted by Crippen LogP contribution is -2.22. The van der Waals surface area contributed by atoms with Crippen molar-refractivity contribution in [1.82, 2.24) is 9.88 Å². The van der Waals surface area contributed by atoms with E-state index in [9.17, 15) is 9.18 Å². The second kappa shape index (κ2) is 3.63. The Morgan fingerprint density at radius 3 is 2.69 bits per heavy atom. The monoisotopic (exact) mass is 220 g/mol. The highest BCUT2D eigenvalue weighted by atomic mass is 19.1. The number of nitrogens with zero attached hydrogens (tertiary/aromatic N) is 1.